The molecule has 1 aromatic heterocycles. The summed E-state index contributed by atoms with van der Waals surface area (Å²) in [6, 6.07) is 1.41. The summed E-state index contributed by atoms with van der Waals surface area (Å²) >= 11 is 5.58. The zero-order chi connectivity index (χ0) is 11.5. The van der Waals surface area contributed by atoms with E-state index in [0.29, 0.717) is 5.82 Å². The molecule has 1 N–H and O–H groups in total. The number of halogens is 1. The van der Waals surface area contributed by atoms with Crippen LogP contribution in [0.25, 0.3) is 0 Å². The van der Waals surface area contributed by atoms with Crippen LogP contribution in [-0.4, -0.2) is 36.4 Å². The lowest BCUT2D eigenvalue weighted by Crippen LogP contribution is -2.25. The molecular weight excluding hydrogens is 238 g/mol. The lowest BCUT2D eigenvalue weighted by molar-refractivity contribution is 0.598. The van der Waals surface area contributed by atoms with Crippen LogP contribution in [0.3, 0.4) is 0 Å². The minimum absolute atomic E-state index is 0.0502. The van der Waals surface area contributed by atoms with Gasteiger partial charge in [0.2, 0.25) is 5.28 Å². The predicted octanol–water partition coefficient (Wildman–Crippen LogP) is 0.975. The number of aromatic nitrogens is 2. The quantitative estimate of drug-likeness (QED) is 0.806. The van der Waals surface area contributed by atoms with E-state index in [1.54, 1.807) is 13.0 Å². The summed E-state index contributed by atoms with van der Waals surface area (Å²) < 4.78 is 22.0. The molecule has 0 saturated heterocycles. The first-order chi connectivity index (χ1) is 6.87. The van der Waals surface area contributed by atoms with E-state index >= 15 is 0 Å². The van der Waals surface area contributed by atoms with Gasteiger partial charge >= 0.3 is 0 Å². The van der Waals surface area contributed by atoms with Crippen molar-refractivity contribution in [3.05, 3.63) is 17.5 Å². The van der Waals surface area contributed by atoms with E-state index < -0.39 is 9.84 Å². The Balaban J connectivity index is 2.63. The molecule has 15 heavy (non-hydrogen) atoms. The molecule has 1 unspecified atom stereocenters. The highest BCUT2D eigenvalue weighted by molar-refractivity contribution is 7.90. The van der Waals surface area contributed by atoms with Crippen molar-refractivity contribution in [1.82, 2.24) is 9.97 Å². The molecule has 0 amide bonds. The van der Waals surface area contributed by atoms with Crippen LogP contribution < -0.4 is 5.32 Å². The number of rotatable bonds is 4. The highest BCUT2D eigenvalue weighted by Crippen LogP contribution is 2.07. The Bertz CT molecular complexity index is 435. The molecule has 0 aliphatic rings. The van der Waals surface area contributed by atoms with Gasteiger partial charge in [-0.2, -0.15) is 0 Å². The van der Waals surface area contributed by atoms with Gasteiger partial charge in [-0.15, -0.1) is 0 Å². The first-order valence-corrected chi connectivity index (χ1v) is 6.73. The van der Waals surface area contributed by atoms with Crippen LogP contribution in [0, 0.1) is 0 Å². The molecule has 0 bridgehead atoms. The van der Waals surface area contributed by atoms with Gasteiger partial charge in [-0.3, -0.25) is 0 Å². The third-order valence-electron chi connectivity index (χ3n) is 1.57. The molecule has 0 saturated carbocycles. The number of nitrogens with zero attached hydrogens (tertiary/aromatic N) is 2. The van der Waals surface area contributed by atoms with Crippen LogP contribution in [0.5, 0.6) is 0 Å². The number of anilines is 1. The number of hydrogen-bond donors (Lipinski definition) is 1. The fourth-order valence-electron chi connectivity index (χ4n) is 1.16. The maximum Gasteiger partial charge on any atom is 0.224 e. The van der Waals surface area contributed by atoms with Crippen LogP contribution in [0.4, 0.5) is 5.82 Å². The second-order valence-corrected chi connectivity index (χ2v) is 5.87. The van der Waals surface area contributed by atoms with Crippen molar-refractivity contribution in [2.75, 3.05) is 17.3 Å². The van der Waals surface area contributed by atoms with Crippen LogP contribution in [0.2, 0.25) is 5.28 Å². The van der Waals surface area contributed by atoms with Crippen molar-refractivity contribution in [2.24, 2.45) is 0 Å². The molecular formula is C8H12ClN3O2S. The lowest BCUT2D eigenvalue weighted by Gasteiger charge is -2.12. The molecule has 0 aliphatic heterocycles. The predicted molar refractivity (Wildman–Crippen MR) is 59.8 cm³/mol. The van der Waals surface area contributed by atoms with Crippen LogP contribution in [-0.2, 0) is 9.84 Å². The molecule has 7 heteroatoms. The van der Waals surface area contributed by atoms with Gasteiger partial charge in [0.1, 0.15) is 15.7 Å². The van der Waals surface area contributed by atoms with Gasteiger partial charge in [0.25, 0.3) is 0 Å². The molecule has 1 heterocycles. The van der Waals surface area contributed by atoms with Gasteiger partial charge in [-0.25, -0.2) is 18.4 Å². The molecule has 0 spiro atoms. The van der Waals surface area contributed by atoms with E-state index in [0.717, 1.165) is 0 Å². The normalized spacial score (nSPS) is 13.5. The number of nitrogens with one attached hydrogen (secondary N) is 1. The van der Waals surface area contributed by atoms with E-state index in [4.69, 9.17) is 11.6 Å². The average molecular weight is 250 g/mol. The van der Waals surface area contributed by atoms with E-state index in [1.807, 2.05) is 0 Å². The largest absolute Gasteiger partial charge is 0.366 e. The summed E-state index contributed by atoms with van der Waals surface area (Å²) in [6.07, 6.45) is 2.70. The first kappa shape index (κ1) is 12.2. The molecule has 0 aliphatic carbocycles. The smallest absolute Gasteiger partial charge is 0.224 e. The van der Waals surface area contributed by atoms with Crippen molar-refractivity contribution < 1.29 is 8.42 Å². The Morgan fingerprint density at radius 1 is 1.60 bits per heavy atom. The Morgan fingerprint density at radius 3 is 2.80 bits per heavy atom. The zero-order valence-electron chi connectivity index (χ0n) is 8.44. The minimum atomic E-state index is -2.99. The standard InChI is InChI=1S/C8H12ClN3O2S/c1-6(5-15(2,13)14)11-7-3-4-10-8(9)12-7/h3-4,6H,5H2,1-2H3,(H,10,11,12). The van der Waals surface area contributed by atoms with Crippen molar-refractivity contribution >= 4 is 27.3 Å². The Hall–Kier alpha value is -0.880. The maximum atomic E-state index is 11.0. The monoisotopic (exact) mass is 249 g/mol. The van der Waals surface area contributed by atoms with Crippen LogP contribution in [0.15, 0.2) is 12.3 Å². The number of hydrogen-bond acceptors (Lipinski definition) is 5. The molecule has 5 nitrogen and oxygen atoms in total. The van der Waals surface area contributed by atoms with Crippen molar-refractivity contribution in [1.29, 1.82) is 0 Å². The van der Waals surface area contributed by atoms with E-state index in [9.17, 15) is 8.42 Å². The Labute approximate surface area is 93.8 Å². The van der Waals surface area contributed by atoms with Gasteiger partial charge in [0.15, 0.2) is 0 Å². The maximum absolute atomic E-state index is 11.0. The third-order valence-corrected chi connectivity index (χ3v) is 2.86. The van der Waals surface area contributed by atoms with Gasteiger partial charge in [-0.1, -0.05) is 0 Å². The molecule has 1 atom stereocenters. The summed E-state index contributed by atoms with van der Waals surface area (Å²) in [5.74, 6) is 0.570. The van der Waals surface area contributed by atoms with Crippen LogP contribution >= 0.6 is 11.6 Å². The molecule has 0 aromatic carbocycles. The summed E-state index contributed by atoms with van der Waals surface area (Å²) in [7, 11) is -2.99. The average Bonchev–Trinajstić information content (AvgIpc) is 1.99. The molecule has 84 valence electrons. The summed E-state index contributed by atoms with van der Waals surface area (Å²) in [5, 5.41) is 3.06. The topological polar surface area (TPSA) is 72.0 Å². The van der Waals surface area contributed by atoms with Gasteiger partial charge < -0.3 is 5.32 Å². The van der Waals surface area contributed by atoms with E-state index in [1.165, 1.54) is 12.5 Å². The van der Waals surface area contributed by atoms with Gasteiger partial charge in [-0.05, 0) is 24.6 Å². The van der Waals surface area contributed by atoms with Crippen molar-refractivity contribution in [3.8, 4) is 0 Å². The second kappa shape index (κ2) is 4.76. The fourth-order valence-corrected chi connectivity index (χ4v) is 2.30. The van der Waals surface area contributed by atoms with Crippen molar-refractivity contribution in [3.63, 3.8) is 0 Å². The summed E-state index contributed by atoms with van der Waals surface area (Å²) in [5.41, 5.74) is 0. The van der Waals surface area contributed by atoms with Gasteiger partial charge in [0, 0.05) is 18.5 Å². The van der Waals surface area contributed by atoms with Crippen molar-refractivity contribution in [2.45, 2.75) is 13.0 Å². The summed E-state index contributed by atoms with van der Waals surface area (Å²) in [6.45, 7) is 1.76. The van der Waals surface area contributed by atoms with Gasteiger partial charge in [0.05, 0.1) is 5.75 Å². The highest BCUT2D eigenvalue weighted by Gasteiger charge is 2.10. The molecule has 1 aromatic rings. The van der Waals surface area contributed by atoms with E-state index in [-0.39, 0.29) is 17.1 Å². The van der Waals surface area contributed by atoms with E-state index in [2.05, 4.69) is 15.3 Å². The number of sulfone groups is 1. The van der Waals surface area contributed by atoms with Crippen LogP contribution in [0.1, 0.15) is 6.92 Å². The third kappa shape index (κ3) is 4.94. The fraction of sp³-hybridized carbons (Fsp3) is 0.500. The second-order valence-electron chi connectivity index (χ2n) is 3.35. The first-order valence-electron chi connectivity index (χ1n) is 4.29. The molecule has 0 fully saturated rings. The lowest BCUT2D eigenvalue weighted by atomic mass is 10.4. The summed E-state index contributed by atoms with van der Waals surface area (Å²) in [4.78, 5) is 7.61. The minimum Gasteiger partial charge on any atom is -0.366 e. The Kier molecular flexibility index (Phi) is 3.87. The SMILES string of the molecule is CC(CS(C)(=O)=O)Nc1ccnc(Cl)n1. The molecule has 1 rings (SSSR count). The highest BCUT2D eigenvalue weighted by atomic mass is 35.5. The zero-order valence-corrected chi connectivity index (χ0v) is 10.0. The molecule has 0 radical (unpaired) electrons. The Morgan fingerprint density at radius 2 is 2.27 bits per heavy atom.